The lowest BCUT2D eigenvalue weighted by Crippen LogP contribution is -2.16. The third kappa shape index (κ3) is 5.91. The van der Waals surface area contributed by atoms with Crippen molar-refractivity contribution >= 4 is 29.2 Å². The van der Waals surface area contributed by atoms with Gasteiger partial charge in [-0.1, -0.05) is 56.0 Å². The first-order valence-corrected chi connectivity index (χ1v) is 8.11. The second-order valence-electron chi connectivity index (χ2n) is 4.46. The van der Waals surface area contributed by atoms with E-state index in [0.29, 0.717) is 16.4 Å². The van der Waals surface area contributed by atoms with E-state index in [9.17, 15) is 0 Å². The lowest BCUT2D eigenvalue weighted by atomic mass is 10.1. The lowest BCUT2D eigenvalue weighted by Gasteiger charge is -2.14. The average Bonchev–Trinajstić information content (AvgIpc) is 2.34. The Hall–Kier alpha value is -0.480. The van der Waals surface area contributed by atoms with Crippen LogP contribution in [0.1, 0.15) is 46.0 Å². The van der Waals surface area contributed by atoms with Crippen LogP contribution in [0.4, 0.5) is 5.82 Å². The van der Waals surface area contributed by atoms with Crippen molar-refractivity contribution in [1.29, 1.82) is 0 Å². The second-order valence-corrected chi connectivity index (χ2v) is 5.62. The molecule has 1 rings (SSSR count). The summed E-state index contributed by atoms with van der Waals surface area (Å²) in [5, 5.41) is 4.59. The Labute approximate surface area is 119 Å². The zero-order valence-electron chi connectivity index (χ0n) is 11.4. The summed E-state index contributed by atoms with van der Waals surface area (Å²) in [6, 6.07) is 2.20. The van der Waals surface area contributed by atoms with Gasteiger partial charge in [0.25, 0.3) is 0 Å². The molecule has 0 aromatic carbocycles. The normalized spacial score (nSPS) is 12.4. The molecule has 0 spiro atoms. The number of anilines is 1. The number of thioether (sulfide) groups is 1. The van der Waals surface area contributed by atoms with Crippen LogP contribution in [0.2, 0.25) is 5.15 Å². The van der Waals surface area contributed by atoms with E-state index in [4.69, 9.17) is 11.6 Å². The van der Waals surface area contributed by atoms with Crippen LogP contribution in [-0.4, -0.2) is 22.3 Å². The second kappa shape index (κ2) is 8.59. The van der Waals surface area contributed by atoms with Crippen molar-refractivity contribution in [3.05, 3.63) is 11.2 Å². The van der Waals surface area contributed by atoms with Gasteiger partial charge in [0.05, 0.1) is 0 Å². The van der Waals surface area contributed by atoms with E-state index in [1.807, 2.05) is 6.26 Å². The van der Waals surface area contributed by atoms with Crippen molar-refractivity contribution in [2.24, 2.45) is 0 Å². The Morgan fingerprint density at radius 1 is 1.33 bits per heavy atom. The molecule has 0 saturated carbocycles. The maximum atomic E-state index is 5.95. The molecule has 0 radical (unpaired) electrons. The Bertz CT molecular complexity index is 360. The number of aromatic nitrogens is 2. The third-order valence-electron chi connectivity index (χ3n) is 2.74. The highest BCUT2D eigenvalue weighted by Crippen LogP contribution is 2.18. The first kappa shape index (κ1) is 15.6. The van der Waals surface area contributed by atoms with E-state index in [1.54, 1.807) is 6.07 Å². The average molecular weight is 288 g/mol. The molecule has 1 aromatic heterocycles. The highest BCUT2D eigenvalue weighted by Gasteiger charge is 2.06. The Morgan fingerprint density at radius 2 is 2.11 bits per heavy atom. The molecule has 0 fully saturated rings. The summed E-state index contributed by atoms with van der Waals surface area (Å²) in [5.74, 6) is 0.822. The minimum atomic E-state index is 0.419. The molecule has 0 amide bonds. The van der Waals surface area contributed by atoms with E-state index in [2.05, 4.69) is 29.1 Å². The van der Waals surface area contributed by atoms with Gasteiger partial charge < -0.3 is 5.32 Å². The molecule has 1 N–H and O–H groups in total. The topological polar surface area (TPSA) is 37.8 Å². The smallest absolute Gasteiger partial charge is 0.190 e. The molecule has 3 nitrogen and oxygen atoms in total. The van der Waals surface area contributed by atoms with Crippen molar-refractivity contribution in [1.82, 2.24) is 9.97 Å². The first-order valence-electron chi connectivity index (χ1n) is 6.50. The van der Waals surface area contributed by atoms with Gasteiger partial charge in [-0.25, -0.2) is 9.97 Å². The minimum absolute atomic E-state index is 0.419. The summed E-state index contributed by atoms with van der Waals surface area (Å²) in [4.78, 5) is 8.52. The molecule has 0 aliphatic rings. The summed E-state index contributed by atoms with van der Waals surface area (Å²) in [7, 11) is 0. The lowest BCUT2D eigenvalue weighted by molar-refractivity contribution is 0.592. The monoisotopic (exact) mass is 287 g/mol. The molecular weight excluding hydrogens is 266 g/mol. The van der Waals surface area contributed by atoms with Gasteiger partial charge in [-0.15, -0.1) is 0 Å². The fourth-order valence-electron chi connectivity index (χ4n) is 1.76. The van der Waals surface area contributed by atoms with Crippen LogP contribution in [0.3, 0.4) is 0 Å². The van der Waals surface area contributed by atoms with Gasteiger partial charge in [0.1, 0.15) is 11.0 Å². The van der Waals surface area contributed by atoms with Gasteiger partial charge in [0.2, 0.25) is 0 Å². The fraction of sp³-hybridized carbons (Fsp3) is 0.692. The van der Waals surface area contributed by atoms with Crippen molar-refractivity contribution in [2.75, 3.05) is 11.6 Å². The fourth-order valence-corrected chi connectivity index (χ4v) is 2.38. The van der Waals surface area contributed by atoms with E-state index in [0.717, 1.165) is 12.2 Å². The van der Waals surface area contributed by atoms with E-state index in [-0.39, 0.29) is 0 Å². The molecule has 0 aliphatic carbocycles. The first-order chi connectivity index (χ1) is 8.65. The quantitative estimate of drug-likeness (QED) is 0.328. The maximum Gasteiger partial charge on any atom is 0.190 e. The van der Waals surface area contributed by atoms with Crippen LogP contribution in [-0.2, 0) is 0 Å². The van der Waals surface area contributed by atoms with Crippen LogP contribution < -0.4 is 5.32 Å². The molecule has 18 heavy (non-hydrogen) atoms. The Morgan fingerprint density at radius 3 is 2.78 bits per heavy atom. The van der Waals surface area contributed by atoms with E-state index in [1.165, 1.54) is 37.4 Å². The summed E-state index contributed by atoms with van der Waals surface area (Å²) >= 11 is 7.46. The summed E-state index contributed by atoms with van der Waals surface area (Å²) in [5.41, 5.74) is 0. The summed E-state index contributed by atoms with van der Waals surface area (Å²) in [6.07, 6.45) is 8.28. The van der Waals surface area contributed by atoms with Crippen LogP contribution in [0.15, 0.2) is 11.2 Å². The van der Waals surface area contributed by atoms with Crippen LogP contribution in [0, 0.1) is 0 Å². The number of halogens is 1. The molecule has 1 atom stereocenters. The number of nitrogens with one attached hydrogen (secondary N) is 1. The summed E-state index contributed by atoms with van der Waals surface area (Å²) in [6.45, 7) is 4.41. The highest BCUT2D eigenvalue weighted by molar-refractivity contribution is 7.98. The maximum absolute atomic E-state index is 5.95. The highest BCUT2D eigenvalue weighted by atomic mass is 35.5. The molecule has 5 heteroatoms. The summed E-state index contributed by atoms with van der Waals surface area (Å²) < 4.78 is 0. The Balaban J connectivity index is 2.43. The number of hydrogen-bond acceptors (Lipinski definition) is 4. The molecule has 1 unspecified atom stereocenters. The van der Waals surface area contributed by atoms with Crippen molar-refractivity contribution in [3.63, 3.8) is 0 Å². The molecule has 102 valence electrons. The van der Waals surface area contributed by atoms with Crippen molar-refractivity contribution in [3.8, 4) is 0 Å². The van der Waals surface area contributed by atoms with E-state index >= 15 is 0 Å². The van der Waals surface area contributed by atoms with Gasteiger partial charge in [-0.2, -0.15) is 0 Å². The number of hydrogen-bond donors (Lipinski definition) is 1. The zero-order valence-corrected chi connectivity index (χ0v) is 12.9. The molecule has 0 saturated heterocycles. The largest absolute Gasteiger partial charge is 0.367 e. The van der Waals surface area contributed by atoms with Gasteiger partial charge >= 0.3 is 0 Å². The van der Waals surface area contributed by atoms with Gasteiger partial charge in [-0.05, 0) is 19.6 Å². The van der Waals surface area contributed by atoms with Crippen LogP contribution in [0.25, 0.3) is 0 Å². The van der Waals surface area contributed by atoms with Crippen molar-refractivity contribution in [2.45, 2.75) is 57.1 Å². The van der Waals surface area contributed by atoms with Gasteiger partial charge in [0.15, 0.2) is 5.16 Å². The molecule has 1 aromatic rings. The zero-order chi connectivity index (χ0) is 13.4. The minimum Gasteiger partial charge on any atom is -0.367 e. The van der Waals surface area contributed by atoms with Crippen molar-refractivity contribution < 1.29 is 0 Å². The van der Waals surface area contributed by atoms with E-state index < -0.39 is 0 Å². The molecule has 0 bridgehead atoms. The predicted molar refractivity (Wildman–Crippen MR) is 80.7 cm³/mol. The van der Waals surface area contributed by atoms with Gasteiger partial charge in [0, 0.05) is 12.1 Å². The molecule has 1 heterocycles. The Kier molecular flexibility index (Phi) is 7.44. The van der Waals surface area contributed by atoms with Crippen LogP contribution in [0.5, 0.6) is 0 Å². The number of unbranched alkanes of at least 4 members (excludes halogenated alkanes) is 3. The standard InChI is InChI=1S/C13H22ClN3S/c1-4-5-6-7-8-10(2)15-12-9-11(14)16-13(17-12)18-3/h9-10H,4-8H2,1-3H3,(H,15,16,17). The number of nitrogens with zero attached hydrogens (tertiary/aromatic N) is 2. The predicted octanol–water partition coefficient (Wildman–Crippen LogP) is 4.62. The molecule has 0 aliphatic heterocycles. The third-order valence-corrected chi connectivity index (χ3v) is 3.48. The van der Waals surface area contributed by atoms with Crippen LogP contribution >= 0.6 is 23.4 Å². The SMILES string of the molecule is CCCCCCC(C)Nc1cc(Cl)nc(SC)n1. The van der Waals surface area contributed by atoms with Gasteiger partial charge in [-0.3, -0.25) is 0 Å². The molecular formula is C13H22ClN3S. The number of rotatable bonds is 8.